The average molecular weight is 489 g/mol. The van der Waals surface area contributed by atoms with E-state index in [1.165, 1.54) is 12.6 Å². The van der Waals surface area contributed by atoms with Gasteiger partial charge < -0.3 is 30.6 Å². The monoisotopic (exact) mass is 488 g/mol. The number of urea groups is 1. The van der Waals surface area contributed by atoms with Crippen LogP contribution in [-0.2, 0) is 4.74 Å². The van der Waals surface area contributed by atoms with Crippen LogP contribution in [0.5, 0.6) is 0 Å². The summed E-state index contributed by atoms with van der Waals surface area (Å²) < 4.78 is 5.62. The Morgan fingerprint density at radius 3 is 2.67 bits per heavy atom. The standard InChI is InChI=1S/C26H32N8O2/c1-18-17-36-14-13-34(18)24-15-21(22(16-27)25(31-24)30-23-9-10-28-32-23)19-5-7-20(8-6-19)29-26(35)33-11-3-2-4-12-33/h5-10,15-16,18,27H,2-4,11-14,17H2,1H3,(H,29,35)(H2,28,30,31,32)/t18-/m1/s1. The van der Waals surface area contributed by atoms with Gasteiger partial charge in [0.1, 0.15) is 17.5 Å². The van der Waals surface area contributed by atoms with Gasteiger partial charge in [0, 0.05) is 43.2 Å². The Morgan fingerprint density at radius 2 is 1.97 bits per heavy atom. The van der Waals surface area contributed by atoms with Crippen LogP contribution in [0.4, 0.5) is 27.9 Å². The Morgan fingerprint density at radius 1 is 1.17 bits per heavy atom. The van der Waals surface area contributed by atoms with E-state index in [0.29, 0.717) is 30.4 Å². The molecule has 1 atom stereocenters. The molecular formula is C26H32N8O2. The number of pyridine rings is 1. The number of aromatic nitrogens is 3. The first-order valence-electron chi connectivity index (χ1n) is 12.4. The van der Waals surface area contributed by atoms with Crippen molar-refractivity contribution in [2.45, 2.75) is 32.2 Å². The lowest BCUT2D eigenvalue weighted by Gasteiger charge is -2.35. The number of carbonyl (C=O) groups excluding carboxylic acids is 1. The molecule has 10 heteroatoms. The molecule has 4 N–H and O–H groups in total. The van der Waals surface area contributed by atoms with Gasteiger partial charge in [0.2, 0.25) is 0 Å². The fourth-order valence-electron chi connectivity index (χ4n) is 4.72. The molecule has 5 rings (SSSR count). The molecular weight excluding hydrogens is 456 g/mol. The predicted octanol–water partition coefficient (Wildman–Crippen LogP) is 4.46. The van der Waals surface area contributed by atoms with Crippen LogP contribution in [0.3, 0.4) is 0 Å². The number of rotatable bonds is 6. The van der Waals surface area contributed by atoms with Crippen LogP contribution in [0.25, 0.3) is 11.1 Å². The Kier molecular flexibility index (Phi) is 7.13. The maximum absolute atomic E-state index is 12.6. The number of amides is 2. The third kappa shape index (κ3) is 5.18. The highest BCUT2D eigenvalue weighted by atomic mass is 16.5. The van der Waals surface area contributed by atoms with E-state index < -0.39 is 0 Å². The van der Waals surface area contributed by atoms with Gasteiger partial charge in [-0.25, -0.2) is 9.78 Å². The van der Waals surface area contributed by atoms with Crippen LogP contribution in [-0.4, -0.2) is 71.2 Å². The van der Waals surface area contributed by atoms with E-state index in [1.807, 2.05) is 41.3 Å². The number of ether oxygens (including phenoxy) is 1. The lowest BCUT2D eigenvalue weighted by atomic mass is 10.00. The van der Waals surface area contributed by atoms with Gasteiger partial charge in [0.25, 0.3) is 0 Å². The summed E-state index contributed by atoms with van der Waals surface area (Å²) in [5.74, 6) is 2.08. The quantitative estimate of drug-likeness (QED) is 0.380. The largest absolute Gasteiger partial charge is 0.377 e. The minimum absolute atomic E-state index is 0.0545. The van der Waals surface area contributed by atoms with E-state index in [4.69, 9.17) is 15.1 Å². The molecule has 2 aliphatic heterocycles. The van der Waals surface area contributed by atoms with Gasteiger partial charge in [-0.2, -0.15) is 5.10 Å². The maximum Gasteiger partial charge on any atom is 0.321 e. The summed E-state index contributed by atoms with van der Waals surface area (Å²) in [6.45, 7) is 5.74. The van der Waals surface area contributed by atoms with Crippen LogP contribution >= 0.6 is 0 Å². The summed E-state index contributed by atoms with van der Waals surface area (Å²) in [6.07, 6.45) is 6.28. The molecule has 2 aliphatic rings. The molecule has 36 heavy (non-hydrogen) atoms. The third-order valence-electron chi connectivity index (χ3n) is 6.70. The zero-order valence-electron chi connectivity index (χ0n) is 20.5. The summed E-state index contributed by atoms with van der Waals surface area (Å²) in [5, 5.41) is 21.4. The number of nitrogens with zero attached hydrogens (tertiary/aromatic N) is 4. The van der Waals surface area contributed by atoms with E-state index in [0.717, 1.165) is 55.1 Å². The lowest BCUT2D eigenvalue weighted by molar-refractivity contribution is 0.0985. The van der Waals surface area contributed by atoms with Crippen molar-refractivity contribution in [1.82, 2.24) is 20.1 Å². The second kappa shape index (κ2) is 10.8. The first kappa shape index (κ1) is 23.8. The van der Waals surface area contributed by atoms with Gasteiger partial charge in [-0.05, 0) is 55.5 Å². The van der Waals surface area contributed by atoms with E-state index in [2.05, 4.69) is 32.7 Å². The van der Waals surface area contributed by atoms with Crippen molar-refractivity contribution in [3.63, 3.8) is 0 Å². The zero-order chi connectivity index (χ0) is 24.9. The average Bonchev–Trinajstić information content (AvgIpc) is 3.42. The van der Waals surface area contributed by atoms with E-state index in [-0.39, 0.29) is 12.1 Å². The molecule has 0 spiro atoms. The van der Waals surface area contributed by atoms with Crippen molar-refractivity contribution in [1.29, 1.82) is 5.41 Å². The fourth-order valence-corrected chi connectivity index (χ4v) is 4.72. The highest BCUT2D eigenvalue weighted by molar-refractivity contribution is 5.97. The molecule has 2 fully saturated rings. The zero-order valence-corrected chi connectivity index (χ0v) is 20.5. The number of aromatic amines is 1. The lowest BCUT2D eigenvalue weighted by Crippen LogP contribution is -2.44. The minimum Gasteiger partial charge on any atom is -0.377 e. The van der Waals surface area contributed by atoms with Crippen LogP contribution in [0.1, 0.15) is 31.7 Å². The highest BCUT2D eigenvalue weighted by Gasteiger charge is 2.23. The molecule has 0 bridgehead atoms. The van der Waals surface area contributed by atoms with Gasteiger partial charge >= 0.3 is 6.03 Å². The molecule has 2 aromatic heterocycles. The fraction of sp³-hybridized carbons (Fsp3) is 0.385. The predicted molar refractivity (Wildman–Crippen MR) is 141 cm³/mol. The molecule has 0 saturated carbocycles. The molecule has 3 aromatic rings. The molecule has 4 heterocycles. The van der Waals surface area contributed by atoms with Crippen molar-refractivity contribution in [2.24, 2.45) is 0 Å². The third-order valence-corrected chi connectivity index (χ3v) is 6.70. The normalized spacial score (nSPS) is 18.1. The SMILES string of the molecule is C[C@@H]1COCCN1c1cc(-c2ccc(NC(=O)N3CCCCC3)cc2)c(C=N)c(Nc2ccn[nH]2)n1. The van der Waals surface area contributed by atoms with Gasteiger partial charge in [-0.1, -0.05) is 12.1 Å². The Balaban J connectivity index is 1.47. The number of carbonyl (C=O) groups is 1. The van der Waals surface area contributed by atoms with Crippen LogP contribution in [0.15, 0.2) is 42.6 Å². The number of morpholine rings is 1. The van der Waals surface area contributed by atoms with Crippen molar-refractivity contribution < 1.29 is 9.53 Å². The Hall–Kier alpha value is -3.92. The first-order chi connectivity index (χ1) is 17.6. The molecule has 10 nitrogen and oxygen atoms in total. The molecule has 188 valence electrons. The summed E-state index contributed by atoms with van der Waals surface area (Å²) in [4.78, 5) is 21.6. The van der Waals surface area contributed by atoms with Crippen molar-refractivity contribution in [3.05, 3.63) is 48.2 Å². The number of benzene rings is 1. The number of hydrogen-bond donors (Lipinski definition) is 4. The summed E-state index contributed by atoms with van der Waals surface area (Å²) in [7, 11) is 0. The van der Waals surface area contributed by atoms with Crippen molar-refractivity contribution in [3.8, 4) is 11.1 Å². The van der Waals surface area contributed by atoms with Crippen LogP contribution in [0.2, 0.25) is 0 Å². The van der Waals surface area contributed by atoms with Gasteiger partial charge in [0.15, 0.2) is 0 Å². The molecule has 1 aromatic carbocycles. The van der Waals surface area contributed by atoms with E-state index >= 15 is 0 Å². The molecule has 0 unspecified atom stereocenters. The Bertz CT molecular complexity index is 1190. The highest BCUT2D eigenvalue weighted by Crippen LogP contribution is 2.34. The first-order valence-corrected chi connectivity index (χ1v) is 12.4. The smallest absolute Gasteiger partial charge is 0.321 e. The summed E-state index contributed by atoms with van der Waals surface area (Å²) >= 11 is 0. The van der Waals surface area contributed by atoms with Crippen LogP contribution < -0.4 is 15.5 Å². The number of H-pyrrole nitrogens is 1. The second-order valence-electron chi connectivity index (χ2n) is 9.20. The van der Waals surface area contributed by atoms with Gasteiger partial charge in [-0.15, -0.1) is 0 Å². The topological polar surface area (TPSA) is 122 Å². The molecule has 2 amide bonds. The Labute approximate surface area is 210 Å². The minimum atomic E-state index is -0.0545. The second-order valence-corrected chi connectivity index (χ2v) is 9.20. The molecule has 0 radical (unpaired) electrons. The number of piperidine rings is 1. The molecule has 2 saturated heterocycles. The van der Waals surface area contributed by atoms with Gasteiger partial charge in [0.05, 0.1) is 25.5 Å². The van der Waals surface area contributed by atoms with E-state index in [9.17, 15) is 4.79 Å². The van der Waals surface area contributed by atoms with Crippen LogP contribution in [0, 0.1) is 5.41 Å². The van der Waals surface area contributed by atoms with E-state index in [1.54, 1.807) is 6.20 Å². The van der Waals surface area contributed by atoms with Crippen molar-refractivity contribution in [2.75, 3.05) is 48.4 Å². The number of likely N-dealkylation sites (tertiary alicyclic amines) is 1. The number of nitrogens with one attached hydrogen (secondary N) is 4. The maximum atomic E-state index is 12.6. The summed E-state index contributed by atoms with van der Waals surface area (Å²) in [5.41, 5.74) is 3.23. The number of anilines is 4. The summed E-state index contributed by atoms with van der Waals surface area (Å²) in [6, 6.07) is 11.7. The van der Waals surface area contributed by atoms with Crippen molar-refractivity contribution >= 4 is 35.4 Å². The molecule has 0 aliphatic carbocycles. The number of hydrogen-bond acceptors (Lipinski definition) is 7. The van der Waals surface area contributed by atoms with Gasteiger partial charge in [-0.3, -0.25) is 5.10 Å².